The molecule has 0 saturated carbocycles. The second-order valence-electron chi connectivity index (χ2n) is 16.2. The lowest BCUT2D eigenvalue weighted by atomic mass is 9.63. The van der Waals surface area contributed by atoms with Gasteiger partial charge in [-0.25, -0.2) is 0 Å². The zero-order valence-corrected chi connectivity index (χ0v) is 31.6. The maximum Gasteiger partial charge on any atom is 0.0755 e. The van der Waals surface area contributed by atoms with Crippen LogP contribution in [-0.2, 0) is 21.7 Å². The summed E-state index contributed by atoms with van der Waals surface area (Å²) in [4.78, 5) is 2.51. The van der Waals surface area contributed by atoms with Crippen LogP contribution in [0.5, 0.6) is 0 Å². The molecule has 46 heavy (non-hydrogen) atoms. The van der Waals surface area contributed by atoms with Gasteiger partial charge in [-0.05, 0) is 115 Å². The smallest absolute Gasteiger partial charge is 0.0755 e. The Balaban J connectivity index is 1.67. The van der Waals surface area contributed by atoms with E-state index in [0.717, 1.165) is 8.95 Å². The Labute approximate surface area is 292 Å². The first-order valence-corrected chi connectivity index (χ1v) is 17.9. The van der Waals surface area contributed by atoms with Gasteiger partial charge in [-0.3, -0.25) is 0 Å². The molecule has 0 radical (unpaired) electrons. The summed E-state index contributed by atoms with van der Waals surface area (Å²) in [6.45, 7) is 20.8. The van der Waals surface area contributed by atoms with Crippen LogP contribution in [0.15, 0.2) is 106 Å². The number of rotatable bonds is 1. The third-order valence-electron chi connectivity index (χ3n) is 10.1. The van der Waals surface area contributed by atoms with E-state index in [0.29, 0.717) is 0 Å². The van der Waals surface area contributed by atoms with Crippen LogP contribution in [0.1, 0.15) is 101 Å². The number of hydrogen-bond donors (Lipinski definition) is 0. The third kappa shape index (κ3) is 4.75. The van der Waals surface area contributed by atoms with Gasteiger partial charge in [0.1, 0.15) is 0 Å². The molecule has 5 aromatic rings. The minimum absolute atomic E-state index is 0.0122. The first-order chi connectivity index (χ1) is 21.5. The minimum Gasteiger partial charge on any atom is -0.310 e. The summed E-state index contributed by atoms with van der Waals surface area (Å²) < 4.78 is 2.19. The SMILES string of the molecule is CC(C)(C)c1ccc(N2c3ccc(C(C)(C)C)cc3C3(c4cc(Br)ccc4-c4ccc(Br)cc43)c3cc(C(C)(C)C)ccc32)cc1. The summed E-state index contributed by atoms with van der Waals surface area (Å²) in [6.07, 6.45) is 0. The van der Waals surface area contributed by atoms with Gasteiger partial charge in [0.15, 0.2) is 0 Å². The first kappa shape index (κ1) is 31.5. The molecule has 1 aliphatic carbocycles. The van der Waals surface area contributed by atoms with E-state index in [2.05, 4.69) is 196 Å². The quantitative estimate of drug-likeness (QED) is 0.162. The molecule has 5 aromatic carbocycles. The molecule has 0 saturated heterocycles. The molecule has 1 nitrogen and oxygen atoms in total. The molecular weight excluding hydrogens is 690 g/mol. The summed E-state index contributed by atoms with van der Waals surface area (Å²) in [5.74, 6) is 0. The average molecular weight is 734 g/mol. The zero-order chi connectivity index (χ0) is 33.0. The van der Waals surface area contributed by atoms with Gasteiger partial charge in [0, 0.05) is 14.6 Å². The van der Waals surface area contributed by atoms with Crippen LogP contribution < -0.4 is 4.90 Å². The lowest BCUT2D eigenvalue weighted by Gasteiger charge is -2.46. The van der Waals surface area contributed by atoms with Crippen molar-refractivity contribution in [3.63, 3.8) is 0 Å². The van der Waals surface area contributed by atoms with Gasteiger partial charge in [0.2, 0.25) is 0 Å². The maximum absolute atomic E-state index is 3.90. The predicted octanol–water partition coefficient (Wildman–Crippen LogP) is 13.3. The average Bonchev–Trinajstić information content (AvgIpc) is 3.25. The van der Waals surface area contributed by atoms with Crippen LogP contribution in [0.3, 0.4) is 0 Å². The van der Waals surface area contributed by atoms with E-state index < -0.39 is 5.41 Å². The minimum atomic E-state index is -0.507. The van der Waals surface area contributed by atoms with E-state index in [9.17, 15) is 0 Å². The van der Waals surface area contributed by atoms with Crippen LogP contribution in [0, 0.1) is 0 Å². The highest BCUT2D eigenvalue weighted by atomic mass is 79.9. The molecular formula is C43H43Br2N. The van der Waals surface area contributed by atoms with Crippen LogP contribution >= 0.6 is 31.9 Å². The lowest BCUT2D eigenvalue weighted by Crippen LogP contribution is -2.37. The van der Waals surface area contributed by atoms with Crippen molar-refractivity contribution in [3.05, 3.63) is 145 Å². The molecule has 0 unspecified atom stereocenters. The van der Waals surface area contributed by atoms with Gasteiger partial charge in [-0.1, -0.05) is 143 Å². The fourth-order valence-electron chi connectivity index (χ4n) is 7.51. The molecule has 3 heteroatoms. The molecule has 0 amide bonds. The number of anilines is 3. The van der Waals surface area contributed by atoms with Gasteiger partial charge >= 0.3 is 0 Å². The van der Waals surface area contributed by atoms with Crippen molar-refractivity contribution >= 4 is 48.9 Å². The van der Waals surface area contributed by atoms with Crippen molar-refractivity contribution in [1.29, 1.82) is 0 Å². The lowest BCUT2D eigenvalue weighted by molar-refractivity contribution is 0.584. The van der Waals surface area contributed by atoms with Gasteiger partial charge in [-0.15, -0.1) is 0 Å². The van der Waals surface area contributed by atoms with E-state index in [1.54, 1.807) is 0 Å². The van der Waals surface area contributed by atoms with Crippen LogP contribution in [-0.4, -0.2) is 0 Å². The van der Waals surface area contributed by atoms with Crippen LogP contribution in [0.25, 0.3) is 11.1 Å². The molecule has 7 rings (SSSR count). The number of hydrogen-bond acceptors (Lipinski definition) is 1. The Morgan fingerprint density at radius 1 is 0.435 bits per heavy atom. The molecule has 0 atom stereocenters. The Kier molecular flexibility index (Phi) is 7.13. The summed E-state index contributed by atoms with van der Waals surface area (Å²) in [5.41, 5.74) is 15.1. The fourth-order valence-corrected chi connectivity index (χ4v) is 8.23. The number of nitrogens with zero attached hydrogens (tertiary/aromatic N) is 1. The van der Waals surface area contributed by atoms with Gasteiger partial charge in [0.05, 0.1) is 16.8 Å². The number of benzene rings is 5. The third-order valence-corrected chi connectivity index (χ3v) is 11.1. The Hall–Kier alpha value is -3.14. The number of halogens is 2. The molecule has 1 heterocycles. The van der Waals surface area contributed by atoms with Crippen molar-refractivity contribution in [2.45, 2.75) is 84.0 Å². The van der Waals surface area contributed by atoms with Crippen molar-refractivity contribution in [2.75, 3.05) is 4.90 Å². The molecule has 234 valence electrons. The molecule has 1 spiro atoms. The van der Waals surface area contributed by atoms with Crippen molar-refractivity contribution < 1.29 is 0 Å². The van der Waals surface area contributed by atoms with E-state index in [4.69, 9.17) is 0 Å². The first-order valence-electron chi connectivity index (χ1n) is 16.3. The Morgan fingerprint density at radius 2 is 0.826 bits per heavy atom. The normalized spacial score (nSPS) is 15.0. The van der Waals surface area contributed by atoms with Gasteiger partial charge in [0.25, 0.3) is 0 Å². The highest BCUT2D eigenvalue weighted by Crippen LogP contribution is 2.64. The summed E-state index contributed by atoms with van der Waals surface area (Å²) >= 11 is 7.80. The summed E-state index contributed by atoms with van der Waals surface area (Å²) in [7, 11) is 0. The Morgan fingerprint density at radius 3 is 1.22 bits per heavy atom. The topological polar surface area (TPSA) is 3.24 Å². The second-order valence-corrected chi connectivity index (χ2v) is 18.1. The van der Waals surface area contributed by atoms with Crippen molar-refractivity contribution in [2.24, 2.45) is 0 Å². The van der Waals surface area contributed by atoms with Gasteiger partial charge in [-0.2, -0.15) is 0 Å². The second kappa shape index (κ2) is 10.4. The fraction of sp³-hybridized carbons (Fsp3) is 0.302. The zero-order valence-electron chi connectivity index (χ0n) is 28.4. The predicted molar refractivity (Wildman–Crippen MR) is 203 cm³/mol. The maximum atomic E-state index is 3.90. The molecule has 0 fully saturated rings. The molecule has 0 N–H and O–H groups in total. The van der Waals surface area contributed by atoms with Crippen molar-refractivity contribution in [1.82, 2.24) is 0 Å². The van der Waals surface area contributed by atoms with E-state index in [-0.39, 0.29) is 16.2 Å². The largest absolute Gasteiger partial charge is 0.310 e. The van der Waals surface area contributed by atoms with E-state index >= 15 is 0 Å². The van der Waals surface area contributed by atoms with E-state index in [1.807, 2.05) is 0 Å². The van der Waals surface area contributed by atoms with Crippen molar-refractivity contribution in [3.8, 4) is 11.1 Å². The summed E-state index contributed by atoms with van der Waals surface area (Å²) in [6, 6.07) is 37.4. The van der Waals surface area contributed by atoms with Crippen LogP contribution in [0.2, 0.25) is 0 Å². The monoisotopic (exact) mass is 731 g/mol. The molecule has 2 aliphatic rings. The molecule has 1 aliphatic heterocycles. The summed E-state index contributed by atoms with van der Waals surface area (Å²) in [5, 5.41) is 0. The highest BCUT2D eigenvalue weighted by Gasteiger charge is 2.52. The highest BCUT2D eigenvalue weighted by molar-refractivity contribution is 9.10. The number of fused-ring (bicyclic) bond motifs is 9. The molecule has 0 bridgehead atoms. The Bertz CT molecular complexity index is 1890. The standard InChI is InChI=1S/C43H43Br2N/c1-40(2,3)26-10-16-31(17-11-26)46-38-20-12-27(41(4,5)6)22-36(38)43(37-23-28(42(7,8)9)13-21-39(37)46)34-24-29(44)14-18-32(34)33-19-15-30(45)25-35(33)43/h10-25H,1-9H3. The van der Waals surface area contributed by atoms with Crippen LogP contribution in [0.4, 0.5) is 17.1 Å². The molecule has 0 aromatic heterocycles. The van der Waals surface area contributed by atoms with E-state index in [1.165, 1.54) is 67.1 Å². The van der Waals surface area contributed by atoms with Gasteiger partial charge < -0.3 is 4.90 Å².